The lowest BCUT2D eigenvalue weighted by Crippen LogP contribution is -2.37. The van der Waals surface area contributed by atoms with Crippen molar-refractivity contribution < 1.29 is 19.4 Å². The van der Waals surface area contributed by atoms with Crippen LogP contribution in [0, 0.1) is 0 Å². The van der Waals surface area contributed by atoms with E-state index < -0.39 is 6.09 Å². The molecule has 2 amide bonds. The summed E-state index contributed by atoms with van der Waals surface area (Å²) < 4.78 is 7.40. The predicted molar refractivity (Wildman–Crippen MR) is 157 cm³/mol. The first-order valence-corrected chi connectivity index (χ1v) is 13.6. The molecule has 0 atom stereocenters. The monoisotopic (exact) mass is 547 g/mol. The summed E-state index contributed by atoms with van der Waals surface area (Å²) >= 11 is 0. The van der Waals surface area contributed by atoms with E-state index in [0.29, 0.717) is 42.4 Å². The number of nitrogens with one attached hydrogen (secondary N) is 1. The Morgan fingerprint density at radius 1 is 1.05 bits per heavy atom. The number of rotatable bonds is 11. The quantitative estimate of drug-likeness (QED) is 0.276. The van der Waals surface area contributed by atoms with Crippen molar-refractivity contribution in [2.24, 2.45) is 0 Å². The number of fused-ring (bicyclic) bond motifs is 5. The molecule has 2 aromatic carbocycles. The zero-order chi connectivity index (χ0) is 28.8. The van der Waals surface area contributed by atoms with E-state index in [2.05, 4.69) is 10.3 Å². The first-order valence-electron chi connectivity index (χ1n) is 13.6. The van der Waals surface area contributed by atoms with Gasteiger partial charge in [-0.25, -0.2) is 4.79 Å². The van der Waals surface area contributed by atoms with Gasteiger partial charge in [0.2, 0.25) is 5.91 Å². The van der Waals surface area contributed by atoms with Crippen LogP contribution in [0.3, 0.4) is 0 Å². The summed E-state index contributed by atoms with van der Waals surface area (Å²) in [5.74, 6) is 0.0592. The van der Waals surface area contributed by atoms with Gasteiger partial charge in [0.05, 0.1) is 23.0 Å². The Balaban J connectivity index is 1.72. The van der Waals surface area contributed by atoms with Crippen LogP contribution in [0.5, 0.6) is 5.75 Å². The number of hydrogen-bond donors (Lipinski definition) is 2. The number of aliphatic hydroxyl groups excluding tert-OH is 1. The highest BCUT2D eigenvalue weighted by Gasteiger charge is 2.20. The van der Waals surface area contributed by atoms with Gasteiger partial charge in [-0.3, -0.25) is 14.6 Å². The first-order chi connectivity index (χ1) is 19.2. The Kier molecular flexibility index (Phi) is 9.34. The predicted octanol–water partition coefficient (Wildman–Crippen LogP) is 3.49. The molecule has 0 bridgehead atoms. The minimum Gasteiger partial charge on any atom is -0.410 e. The zero-order valence-corrected chi connectivity index (χ0v) is 23.6. The van der Waals surface area contributed by atoms with Crippen molar-refractivity contribution >= 4 is 44.6 Å². The van der Waals surface area contributed by atoms with E-state index >= 15 is 0 Å². The summed E-state index contributed by atoms with van der Waals surface area (Å²) in [6.45, 7) is 3.28. The van der Waals surface area contributed by atoms with E-state index in [4.69, 9.17) is 4.74 Å². The molecule has 0 unspecified atom stereocenters. The molecule has 0 spiro atoms. The number of aromatic nitrogens is 2. The minimum atomic E-state index is -0.654. The van der Waals surface area contributed by atoms with Crippen LogP contribution in [0.15, 0.2) is 47.4 Å². The Labute approximate surface area is 233 Å². The Morgan fingerprint density at radius 2 is 1.82 bits per heavy atom. The molecule has 0 saturated heterocycles. The van der Waals surface area contributed by atoms with Crippen LogP contribution in [0.25, 0.3) is 32.6 Å². The molecule has 2 heterocycles. The fraction of sp³-hybridized carbons (Fsp3) is 0.400. The lowest BCUT2D eigenvalue weighted by molar-refractivity contribution is -0.121. The third-order valence-electron chi connectivity index (χ3n) is 6.96. The number of nitrogens with zero attached hydrogens (tertiary/aromatic N) is 4. The van der Waals surface area contributed by atoms with Crippen molar-refractivity contribution in [3.63, 3.8) is 0 Å². The number of para-hydroxylation sites is 1. The van der Waals surface area contributed by atoms with Crippen molar-refractivity contribution in [1.82, 2.24) is 24.7 Å². The second kappa shape index (κ2) is 12.9. The Morgan fingerprint density at radius 3 is 2.55 bits per heavy atom. The van der Waals surface area contributed by atoms with Gasteiger partial charge < -0.3 is 29.5 Å². The third kappa shape index (κ3) is 6.24. The largest absolute Gasteiger partial charge is 0.415 e. The van der Waals surface area contributed by atoms with E-state index in [9.17, 15) is 19.5 Å². The van der Waals surface area contributed by atoms with Crippen molar-refractivity contribution in [3.05, 3.63) is 58.5 Å². The van der Waals surface area contributed by atoms with Crippen LogP contribution in [-0.2, 0) is 17.9 Å². The molecule has 0 aliphatic heterocycles. The number of carbonyl (C=O) groups excluding carboxylic acids is 2. The topological polar surface area (TPSA) is 117 Å². The standard InChI is InChI=1S/C30H37N5O5/c1-5-6-11-27(37)31-12-13-34(4)30(39)40-26-17-23-22(16-20(26)19-36)24-18-32-25-10-8-7-9-21(25)28(24)35(29(23)38)15-14-33(2)3/h7-10,16-18,36H,5-6,11-15,19H2,1-4H3,(H,31,37). The fourth-order valence-electron chi connectivity index (χ4n) is 4.67. The molecule has 0 aliphatic rings. The van der Waals surface area contributed by atoms with Crippen LogP contribution in [0.4, 0.5) is 4.79 Å². The average Bonchev–Trinajstić information content (AvgIpc) is 2.95. The summed E-state index contributed by atoms with van der Waals surface area (Å²) in [5, 5.41) is 15.6. The maximum atomic E-state index is 13.9. The average molecular weight is 548 g/mol. The van der Waals surface area contributed by atoms with Crippen LogP contribution < -0.4 is 15.6 Å². The van der Waals surface area contributed by atoms with E-state index in [1.165, 1.54) is 11.0 Å². The molecule has 10 nitrogen and oxygen atoms in total. The first kappa shape index (κ1) is 29.0. The number of pyridine rings is 2. The summed E-state index contributed by atoms with van der Waals surface area (Å²) in [4.78, 5) is 46.6. The Bertz CT molecular complexity index is 1600. The van der Waals surface area contributed by atoms with Crippen LogP contribution in [-0.4, -0.2) is 77.2 Å². The molecule has 0 radical (unpaired) electrons. The number of carbonyl (C=O) groups is 2. The summed E-state index contributed by atoms with van der Waals surface area (Å²) in [6, 6.07) is 10.9. The summed E-state index contributed by atoms with van der Waals surface area (Å²) in [7, 11) is 5.47. The van der Waals surface area contributed by atoms with Crippen molar-refractivity contribution in [1.29, 1.82) is 0 Å². The van der Waals surface area contributed by atoms with Crippen LogP contribution in [0.2, 0.25) is 0 Å². The maximum absolute atomic E-state index is 13.9. The molecule has 4 aromatic rings. The number of aliphatic hydroxyl groups is 1. The maximum Gasteiger partial charge on any atom is 0.415 e. The van der Waals surface area contributed by atoms with Crippen molar-refractivity contribution in [2.45, 2.75) is 39.3 Å². The fourth-order valence-corrected chi connectivity index (χ4v) is 4.67. The SMILES string of the molecule is CCCCC(=O)NCCN(C)C(=O)Oc1cc2c(=O)n(CCN(C)C)c3c4ccccc4ncc3c2cc1CO. The second-order valence-corrected chi connectivity index (χ2v) is 10.2. The van der Waals surface area contributed by atoms with Gasteiger partial charge in [-0.05, 0) is 44.1 Å². The number of unbranched alkanes of at least 4 members (excludes halogenated alkanes) is 1. The zero-order valence-electron chi connectivity index (χ0n) is 23.6. The van der Waals surface area contributed by atoms with Gasteiger partial charge in [0.25, 0.3) is 5.56 Å². The highest BCUT2D eigenvalue weighted by molar-refractivity contribution is 6.14. The second-order valence-electron chi connectivity index (χ2n) is 10.2. The molecule has 0 aliphatic carbocycles. The number of hydrogen-bond acceptors (Lipinski definition) is 7. The molecule has 40 heavy (non-hydrogen) atoms. The van der Waals surface area contributed by atoms with Gasteiger partial charge in [-0.15, -0.1) is 0 Å². The molecule has 10 heteroatoms. The van der Waals surface area contributed by atoms with Crippen LogP contribution >= 0.6 is 0 Å². The lowest BCUT2D eigenvalue weighted by Gasteiger charge is -2.20. The molecule has 212 valence electrons. The van der Waals surface area contributed by atoms with Gasteiger partial charge in [-0.2, -0.15) is 0 Å². The van der Waals surface area contributed by atoms with Crippen LogP contribution in [0.1, 0.15) is 31.7 Å². The van der Waals surface area contributed by atoms with Gasteiger partial charge in [0, 0.05) is 62.2 Å². The Hall–Kier alpha value is -4.02. The van der Waals surface area contributed by atoms with Crippen molar-refractivity contribution in [3.8, 4) is 5.75 Å². The van der Waals surface area contributed by atoms with E-state index in [1.54, 1.807) is 23.9 Å². The van der Waals surface area contributed by atoms with Crippen molar-refractivity contribution in [2.75, 3.05) is 40.8 Å². The molecule has 4 rings (SSSR count). The highest BCUT2D eigenvalue weighted by atomic mass is 16.6. The molecule has 2 aromatic heterocycles. The summed E-state index contributed by atoms with van der Waals surface area (Å²) in [6.07, 6.45) is 3.29. The van der Waals surface area contributed by atoms with E-state index in [-0.39, 0.29) is 30.4 Å². The van der Waals surface area contributed by atoms with Gasteiger partial charge in [0.15, 0.2) is 0 Å². The lowest BCUT2D eigenvalue weighted by atomic mass is 10.0. The van der Waals surface area contributed by atoms with Gasteiger partial charge in [-0.1, -0.05) is 31.5 Å². The number of ether oxygens (including phenoxy) is 1. The molecule has 0 fully saturated rings. The number of amides is 2. The van der Waals surface area contributed by atoms with E-state index in [0.717, 1.165) is 34.6 Å². The molecular weight excluding hydrogens is 510 g/mol. The summed E-state index contributed by atoms with van der Waals surface area (Å²) in [5.41, 5.74) is 1.72. The molecular formula is C30H37N5O5. The normalized spacial score (nSPS) is 11.4. The number of likely N-dealkylation sites (N-methyl/N-ethyl adjacent to an activating group) is 2. The van der Waals surface area contributed by atoms with Gasteiger partial charge in [0.1, 0.15) is 5.75 Å². The minimum absolute atomic E-state index is 0.0549. The smallest absolute Gasteiger partial charge is 0.410 e. The van der Waals surface area contributed by atoms with Gasteiger partial charge >= 0.3 is 6.09 Å². The third-order valence-corrected chi connectivity index (χ3v) is 6.96. The molecule has 2 N–H and O–H groups in total. The highest BCUT2D eigenvalue weighted by Crippen LogP contribution is 2.32. The van der Waals surface area contributed by atoms with E-state index in [1.807, 2.05) is 50.2 Å². The number of benzene rings is 2. The molecule has 0 saturated carbocycles.